The topological polar surface area (TPSA) is 102 Å². The average Bonchev–Trinajstić information content (AvgIpc) is 2.84. The van der Waals surface area contributed by atoms with Crippen molar-refractivity contribution in [2.24, 2.45) is 0 Å². The second-order valence-electron chi connectivity index (χ2n) is 7.55. The number of amides is 2. The molecule has 0 aliphatic carbocycles. The Morgan fingerprint density at radius 3 is 2.35 bits per heavy atom. The van der Waals surface area contributed by atoms with Gasteiger partial charge in [0, 0.05) is 33.1 Å². The quantitative estimate of drug-likeness (QED) is 0.218. The molecule has 0 spiro atoms. The van der Waals surface area contributed by atoms with Crippen LogP contribution in [0.4, 0.5) is 22.7 Å². The maximum absolute atomic E-state index is 13.6. The van der Waals surface area contributed by atoms with Gasteiger partial charge in [-0.1, -0.05) is 35.9 Å². The maximum Gasteiger partial charge on any atom is 0.294 e. The molecular formula is C25H16ClN3O5. The van der Waals surface area contributed by atoms with Crippen molar-refractivity contribution in [2.45, 2.75) is 0 Å². The lowest BCUT2D eigenvalue weighted by Gasteiger charge is -2.28. The molecule has 1 aliphatic rings. The lowest BCUT2D eigenvalue weighted by atomic mass is 9.91. The van der Waals surface area contributed by atoms with Gasteiger partial charge in [-0.15, -0.1) is 0 Å². The number of anilines is 3. The highest BCUT2D eigenvalue weighted by atomic mass is 35.5. The van der Waals surface area contributed by atoms with Crippen LogP contribution in [-0.4, -0.2) is 23.8 Å². The molecule has 9 heteroatoms. The van der Waals surface area contributed by atoms with E-state index in [1.807, 2.05) is 0 Å². The maximum atomic E-state index is 13.6. The highest BCUT2D eigenvalue weighted by Crippen LogP contribution is 2.43. The monoisotopic (exact) mass is 473 g/mol. The van der Waals surface area contributed by atoms with E-state index in [2.05, 4.69) is 5.32 Å². The number of carbonyl (C=O) groups excluding carboxylic acids is 2. The zero-order valence-corrected chi connectivity index (χ0v) is 18.5. The van der Waals surface area contributed by atoms with Crippen LogP contribution in [-0.2, 0) is 0 Å². The Kier molecular flexibility index (Phi) is 5.14. The Morgan fingerprint density at radius 2 is 1.65 bits per heavy atom. The highest BCUT2D eigenvalue weighted by molar-refractivity contribution is 6.37. The minimum absolute atomic E-state index is 0.0597. The van der Waals surface area contributed by atoms with Crippen LogP contribution >= 0.6 is 11.6 Å². The van der Waals surface area contributed by atoms with E-state index in [0.29, 0.717) is 27.2 Å². The van der Waals surface area contributed by atoms with E-state index in [0.717, 1.165) is 4.90 Å². The van der Waals surface area contributed by atoms with Crippen molar-refractivity contribution in [3.8, 4) is 5.75 Å². The largest absolute Gasteiger partial charge is 0.495 e. The van der Waals surface area contributed by atoms with Crippen LogP contribution in [0.1, 0.15) is 20.7 Å². The standard InChI is InChI=1S/C25H16ClN3O5/c1-34-21-8-3-2-7-19(21)28-24(30)17-6-4-5-16-22(17)18(25(28)31)13-20(29(32)33)23(16)27-15-11-9-14(26)10-12-15/h2-13,27H,1H3. The molecule has 0 saturated heterocycles. The van der Waals surface area contributed by atoms with Crippen LogP contribution in [0, 0.1) is 10.1 Å². The second kappa shape index (κ2) is 8.17. The molecule has 1 N–H and O–H groups in total. The first-order chi connectivity index (χ1) is 16.4. The normalized spacial score (nSPS) is 12.7. The summed E-state index contributed by atoms with van der Waals surface area (Å²) in [4.78, 5) is 39.5. The van der Waals surface area contributed by atoms with Crippen molar-refractivity contribution in [2.75, 3.05) is 17.3 Å². The van der Waals surface area contributed by atoms with Gasteiger partial charge in [0.2, 0.25) is 0 Å². The molecule has 168 valence electrons. The van der Waals surface area contributed by atoms with Gasteiger partial charge in [0.05, 0.1) is 23.3 Å². The molecule has 2 amide bonds. The first kappa shape index (κ1) is 21.4. The summed E-state index contributed by atoms with van der Waals surface area (Å²) >= 11 is 5.95. The number of imide groups is 1. The molecule has 1 aliphatic heterocycles. The molecule has 4 aromatic rings. The fraction of sp³-hybridized carbons (Fsp3) is 0.0400. The Balaban J connectivity index is 1.75. The van der Waals surface area contributed by atoms with Crippen molar-refractivity contribution in [1.29, 1.82) is 0 Å². The SMILES string of the molecule is COc1ccccc1N1C(=O)c2cccc3c(Nc4ccc(Cl)cc4)c([N+](=O)[O-])cc(c23)C1=O. The summed E-state index contributed by atoms with van der Waals surface area (Å²) in [6.07, 6.45) is 0. The van der Waals surface area contributed by atoms with Crippen LogP contribution in [0.25, 0.3) is 10.8 Å². The number of nitrogens with zero attached hydrogens (tertiary/aromatic N) is 2. The summed E-state index contributed by atoms with van der Waals surface area (Å²) in [5.41, 5.74) is 1.03. The predicted octanol–water partition coefficient (Wildman–Crippen LogP) is 5.95. The number of nitro benzene ring substituents is 1. The Hall–Kier alpha value is -4.43. The van der Waals surface area contributed by atoms with E-state index < -0.39 is 16.7 Å². The number of carbonyl (C=O) groups is 2. The van der Waals surface area contributed by atoms with Crippen molar-refractivity contribution in [3.05, 3.63) is 99.1 Å². The Morgan fingerprint density at radius 1 is 0.941 bits per heavy atom. The summed E-state index contributed by atoms with van der Waals surface area (Å²) in [6, 6.07) is 19.4. The molecule has 4 aromatic carbocycles. The van der Waals surface area contributed by atoms with Gasteiger partial charge in [-0.3, -0.25) is 19.7 Å². The number of ether oxygens (including phenoxy) is 1. The number of benzene rings is 4. The number of hydrogen-bond acceptors (Lipinski definition) is 6. The number of para-hydroxylation sites is 2. The molecule has 34 heavy (non-hydrogen) atoms. The second-order valence-corrected chi connectivity index (χ2v) is 7.99. The zero-order chi connectivity index (χ0) is 24.0. The third kappa shape index (κ3) is 3.32. The van der Waals surface area contributed by atoms with Crippen molar-refractivity contribution in [1.82, 2.24) is 0 Å². The summed E-state index contributed by atoms with van der Waals surface area (Å²) in [5.74, 6) is -0.881. The summed E-state index contributed by atoms with van der Waals surface area (Å²) < 4.78 is 5.34. The van der Waals surface area contributed by atoms with Gasteiger partial charge in [-0.25, -0.2) is 4.90 Å². The van der Waals surface area contributed by atoms with Gasteiger partial charge in [-0.05, 0) is 42.5 Å². The summed E-state index contributed by atoms with van der Waals surface area (Å²) in [5, 5.41) is 16.4. The number of methoxy groups -OCH3 is 1. The molecule has 1 heterocycles. The van der Waals surface area contributed by atoms with Crippen molar-refractivity contribution in [3.63, 3.8) is 0 Å². The third-order valence-corrected chi connectivity index (χ3v) is 5.90. The molecule has 0 unspecified atom stereocenters. The molecule has 5 rings (SSSR count). The van der Waals surface area contributed by atoms with Gasteiger partial charge in [-0.2, -0.15) is 0 Å². The minimum atomic E-state index is -0.667. The van der Waals surface area contributed by atoms with Gasteiger partial charge >= 0.3 is 0 Å². The smallest absolute Gasteiger partial charge is 0.294 e. The molecule has 0 saturated carbocycles. The third-order valence-electron chi connectivity index (χ3n) is 5.64. The van der Waals surface area contributed by atoms with Gasteiger partial charge < -0.3 is 10.1 Å². The molecular weight excluding hydrogens is 458 g/mol. The molecule has 0 radical (unpaired) electrons. The minimum Gasteiger partial charge on any atom is -0.495 e. The first-order valence-corrected chi connectivity index (χ1v) is 10.6. The van der Waals surface area contributed by atoms with Gasteiger partial charge in [0.1, 0.15) is 11.4 Å². The molecule has 0 bridgehead atoms. The van der Waals surface area contributed by atoms with E-state index in [1.165, 1.54) is 13.2 Å². The zero-order valence-electron chi connectivity index (χ0n) is 17.7. The van der Waals surface area contributed by atoms with Crippen LogP contribution < -0.4 is 15.0 Å². The lowest BCUT2D eigenvalue weighted by molar-refractivity contribution is -0.383. The fourth-order valence-electron chi connectivity index (χ4n) is 4.14. The van der Waals surface area contributed by atoms with Crippen LogP contribution in [0.2, 0.25) is 5.02 Å². The number of hydrogen-bond donors (Lipinski definition) is 1. The van der Waals surface area contributed by atoms with Crippen LogP contribution in [0.3, 0.4) is 0 Å². The molecule has 0 aromatic heterocycles. The molecule has 8 nitrogen and oxygen atoms in total. The number of nitrogens with one attached hydrogen (secondary N) is 1. The summed E-state index contributed by atoms with van der Waals surface area (Å²) in [6.45, 7) is 0. The fourth-order valence-corrected chi connectivity index (χ4v) is 4.26. The van der Waals surface area contributed by atoms with Gasteiger partial charge in [0.25, 0.3) is 17.5 Å². The number of halogens is 1. The van der Waals surface area contributed by atoms with E-state index in [1.54, 1.807) is 66.7 Å². The average molecular weight is 474 g/mol. The van der Waals surface area contributed by atoms with Crippen molar-refractivity contribution >= 4 is 56.9 Å². The van der Waals surface area contributed by atoms with E-state index in [4.69, 9.17) is 16.3 Å². The Labute approximate surface area is 198 Å². The summed E-state index contributed by atoms with van der Waals surface area (Å²) in [7, 11) is 1.44. The van der Waals surface area contributed by atoms with Gasteiger partial charge in [0.15, 0.2) is 0 Å². The Bertz CT molecular complexity index is 1500. The molecule has 0 atom stereocenters. The van der Waals surface area contributed by atoms with E-state index in [9.17, 15) is 19.7 Å². The van der Waals surface area contributed by atoms with Crippen LogP contribution in [0.15, 0.2) is 72.8 Å². The first-order valence-electron chi connectivity index (χ1n) is 10.2. The number of rotatable bonds is 5. The lowest BCUT2D eigenvalue weighted by Crippen LogP contribution is -2.40. The van der Waals surface area contributed by atoms with E-state index >= 15 is 0 Å². The van der Waals surface area contributed by atoms with Crippen molar-refractivity contribution < 1.29 is 19.2 Å². The van der Waals surface area contributed by atoms with E-state index in [-0.39, 0.29) is 28.2 Å². The molecule has 0 fully saturated rings. The number of nitro groups is 1. The predicted molar refractivity (Wildman–Crippen MR) is 129 cm³/mol. The highest BCUT2D eigenvalue weighted by Gasteiger charge is 2.38. The van der Waals surface area contributed by atoms with Crippen LogP contribution in [0.5, 0.6) is 5.75 Å².